The lowest BCUT2D eigenvalue weighted by molar-refractivity contribution is 0.313. The zero-order valence-electron chi connectivity index (χ0n) is 21.1. The van der Waals surface area contributed by atoms with Gasteiger partial charge in [0, 0.05) is 18.7 Å². The van der Waals surface area contributed by atoms with E-state index in [2.05, 4.69) is 27.8 Å². The van der Waals surface area contributed by atoms with Crippen molar-refractivity contribution in [2.45, 2.75) is 122 Å². The topological polar surface area (TPSA) is 65.1 Å². The van der Waals surface area contributed by atoms with E-state index in [0.29, 0.717) is 12.2 Å². The molecule has 3 aliphatic rings. The smallest absolute Gasteiger partial charge is 0.225 e. The molecule has 1 aromatic heterocycles. The second-order valence-corrected chi connectivity index (χ2v) is 10.5. The molecular formula is C27H48N6. The van der Waals surface area contributed by atoms with Crippen molar-refractivity contribution in [3.63, 3.8) is 0 Å². The van der Waals surface area contributed by atoms with Crippen molar-refractivity contribution >= 4 is 11.8 Å². The molecule has 0 aromatic carbocycles. The summed E-state index contributed by atoms with van der Waals surface area (Å²) in [6.07, 6.45) is 21.0. The van der Waals surface area contributed by atoms with E-state index in [9.17, 15) is 0 Å². The summed E-state index contributed by atoms with van der Waals surface area (Å²) in [6.45, 7) is 6.77. The highest BCUT2D eigenvalue weighted by Crippen LogP contribution is 2.31. The fourth-order valence-corrected chi connectivity index (χ4v) is 5.79. The summed E-state index contributed by atoms with van der Waals surface area (Å²) in [5.74, 6) is 2.09. The molecule has 1 aromatic rings. The summed E-state index contributed by atoms with van der Waals surface area (Å²) in [5.41, 5.74) is 2.72. The summed E-state index contributed by atoms with van der Waals surface area (Å²) in [7, 11) is 0. The van der Waals surface area contributed by atoms with Gasteiger partial charge >= 0.3 is 0 Å². The summed E-state index contributed by atoms with van der Waals surface area (Å²) in [5, 5.41) is 11.3. The number of nitrogens with one attached hydrogen (secondary N) is 3. The van der Waals surface area contributed by atoms with Gasteiger partial charge < -0.3 is 20.9 Å². The SMILES string of the molecule is CCCCCCCCCNC1NCCCC1Nc1nc2c(c(N3CCCCCC3)n1)CCC2. The van der Waals surface area contributed by atoms with Crippen LogP contribution in [0.2, 0.25) is 0 Å². The number of hydrogen-bond acceptors (Lipinski definition) is 6. The van der Waals surface area contributed by atoms with E-state index in [-0.39, 0.29) is 0 Å². The van der Waals surface area contributed by atoms with Crippen molar-refractivity contribution < 1.29 is 0 Å². The number of anilines is 2. The number of hydrogen-bond donors (Lipinski definition) is 3. The molecule has 0 amide bonds. The second-order valence-electron chi connectivity index (χ2n) is 10.5. The molecule has 3 heterocycles. The summed E-state index contributed by atoms with van der Waals surface area (Å²) < 4.78 is 0. The molecule has 2 unspecified atom stereocenters. The molecule has 0 spiro atoms. The minimum absolute atomic E-state index is 0.303. The van der Waals surface area contributed by atoms with Crippen LogP contribution in [0.25, 0.3) is 0 Å². The number of unbranched alkanes of at least 4 members (excludes halogenated alkanes) is 6. The molecule has 2 saturated heterocycles. The maximum Gasteiger partial charge on any atom is 0.225 e. The molecule has 3 N–H and O–H groups in total. The van der Waals surface area contributed by atoms with Crippen LogP contribution in [0.15, 0.2) is 0 Å². The van der Waals surface area contributed by atoms with Gasteiger partial charge in [0.1, 0.15) is 5.82 Å². The van der Waals surface area contributed by atoms with Gasteiger partial charge in [0.15, 0.2) is 0 Å². The molecule has 0 radical (unpaired) electrons. The lowest BCUT2D eigenvalue weighted by Gasteiger charge is -2.34. The van der Waals surface area contributed by atoms with Gasteiger partial charge in [-0.05, 0) is 64.5 Å². The molecule has 6 heteroatoms. The first-order chi connectivity index (χ1) is 16.3. The van der Waals surface area contributed by atoms with Gasteiger partial charge in [-0.2, -0.15) is 4.98 Å². The van der Waals surface area contributed by atoms with Crippen LogP contribution in [0.4, 0.5) is 11.8 Å². The molecule has 0 saturated carbocycles. The summed E-state index contributed by atoms with van der Waals surface area (Å²) >= 11 is 0. The first-order valence-electron chi connectivity index (χ1n) is 14.2. The Morgan fingerprint density at radius 1 is 0.879 bits per heavy atom. The summed E-state index contributed by atoms with van der Waals surface area (Å²) in [6, 6.07) is 0.347. The Morgan fingerprint density at radius 3 is 2.48 bits per heavy atom. The van der Waals surface area contributed by atoms with Gasteiger partial charge in [0.25, 0.3) is 0 Å². The predicted molar refractivity (Wildman–Crippen MR) is 139 cm³/mol. The number of aryl methyl sites for hydroxylation is 1. The van der Waals surface area contributed by atoms with E-state index in [4.69, 9.17) is 9.97 Å². The number of aromatic nitrogens is 2. The molecule has 33 heavy (non-hydrogen) atoms. The molecule has 186 valence electrons. The maximum atomic E-state index is 5.13. The quantitative estimate of drug-likeness (QED) is 0.377. The molecule has 1 aliphatic carbocycles. The lowest BCUT2D eigenvalue weighted by Crippen LogP contribution is -2.57. The van der Waals surface area contributed by atoms with Gasteiger partial charge in [0.2, 0.25) is 5.95 Å². The van der Waals surface area contributed by atoms with Gasteiger partial charge in [-0.1, -0.05) is 58.3 Å². The van der Waals surface area contributed by atoms with Crippen molar-refractivity contribution in [2.24, 2.45) is 0 Å². The highest BCUT2D eigenvalue weighted by Gasteiger charge is 2.28. The van der Waals surface area contributed by atoms with Crippen molar-refractivity contribution in [2.75, 3.05) is 36.4 Å². The Kier molecular flexibility index (Phi) is 10.1. The van der Waals surface area contributed by atoms with E-state index < -0.39 is 0 Å². The molecule has 6 nitrogen and oxygen atoms in total. The Morgan fingerprint density at radius 2 is 1.67 bits per heavy atom. The molecule has 2 aliphatic heterocycles. The third kappa shape index (κ3) is 7.29. The second kappa shape index (κ2) is 13.5. The van der Waals surface area contributed by atoms with E-state index in [1.807, 2.05) is 0 Å². The Bertz CT molecular complexity index is 700. The molecule has 2 fully saturated rings. The average molecular weight is 457 g/mol. The fourth-order valence-electron chi connectivity index (χ4n) is 5.79. The number of piperidine rings is 1. The van der Waals surface area contributed by atoms with Crippen LogP contribution < -0.4 is 20.9 Å². The van der Waals surface area contributed by atoms with Gasteiger partial charge in [-0.15, -0.1) is 0 Å². The van der Waals surface area contributed by atoms with Crippen LogP contribution in [0.5, 0.6) is 0 Å². The average Bonchev–Trinajstić information content (AvgIpc) is 3.14. The van der Waals surface area contributed by atoms with E-state index in [0.717, 1.165) is 45.0 Å². The zero-order valence-corrected chi connectivity index (χ0v) is 21.1. The van der Waals surface area contributed by atoms with Crippen LogP contribution in [-0.2, 0) is 12.8 Å². The van der Waals surface area contributed by atoms with Crippen LogP contribution in [-0.4, -0.2) is 48.4 Å². The highest BCUT2D eigenvalue weighted by molar-refractivity contribution is 5.54. The molecular weight excluding hydrogens is 408 g/mol. The Hall–Kier alpha value is -1.40. The van der Waals surface area contributed by atoms with Crippen LogP contribution in [0.1, 0.15) is 108 Å². The van der Waals surface area contributed by atoms with Crippen LogP contribution >= 0.6 is 0 Å². The third-order valence-corrected chi connectivity index (χ3v) is 7.73. The van der Waals surface area contributed by atoms with Crippen molar-refractivity contribution in [1.29, 1.82) is 0 Å². The monoisotopic (exact) mass is 456 g/mol. The molecule has 0 bridgehead atoms. The predicted octanol–water partition coefficient (Wildman–Crippen LogP) is 5.18. The minimum atomic E-state index is 0.303. The first-order valence-corrected chi connectivity index (χ1v) is 14.2. The first kappa shape index (κ1) is 24.7. The summed E-state index contributed by atoms with van der Waals surface area (Å²) in [4.78, 5) is 12.7. The van der Waals surface area contributed by atoms with Gasteiger partial charge in [-0.25, -0.2) is 4.98 Å². The normalized spacial score (nSPS) is 23.4. The van der Waals surface area contributed by atoms with E-state index in [1.54, 1.807) is 0 Å². The maximum absolute atomic E-state index is 5.13. The van der Waals surface area contributed by atoms with Crippen LogP contribution in [0.3, 0.4) is 0 Å². The standard InChI is InChI=1S/C27H48N6/c1-2-3-4-5-6-7-10-18-28-25-24(17-14-19-29-25)31-27-30-23-16-13-15-22(23)26(32-27)33-20-11-8-9-12-21-33/h24-25,28-29H,2-21H2,1H3,(H,30,31,32). The largest absolute Gasteiger partial charge is 0.356 e. The lowest BCUT2D eigenvalue weighted by atomic mass is 10.0. The number of fused-ring (bicyclic) bond motifs is 1. The highest BCUT2D eigenvalue weighted by atomic mass is 15.3. The third-order valence-electron chi connectivity index (χ3n) is 7.73. The number of rotatable bonds is 12. The van der Waals surface area contributed by atoms with Gasteiger partial charge in [-0.3, -0.25) is 0 Å². The van der Waals surface area contributed by atoms with Crippen molar-refractivity contribution in [3.05, 3.63) is 11.3 Å². The Balaban J connectivity index is 1.33. The molecule has 2 atom stereocenters. The van der Waals surface area contributed by atoms with Gasteiger partial charge in [0.05, 0.1) is 17.9 Å². The molecule has 4 rings (SSSR count). The zero-order chi connectivity index (χ0) is 22.7. The Labute approximate surface area is 202 Å². The van der Waals surface area contributed by atoms with Crippen LogP contribution in [0, 0.1) is 0 Å². The van der Waals surface area contributed by atoms with E-state index >= 15 is 0 Å². The van der Waals surface area contributed by atoms with Crippen molar-refractivity contribution in [1.82, 2.24) is 20.6 Å². The fraction of sp³-hybridized carbons (Fsp3) is 0.852. The minimum Gasteiger partial charge on any atom is -0.356 e. The number of nitrogens with zero attached hydrogens (tertiary/aromatic N) is 3. The van der Waals surface area contributed by atoms with Crippen molar-refractivity contribution in [3.8, 4) is 0 Å². The van der Waals surface area contributed by atoms with E-state index in [1.165, 1.54) is 107 Å².